The van der Waals surface area contributed by atoms with E-state index >= 15 is 0 Å². The van der Waals surface area contributed by atoms with Gasteiger partial charge in [0.25, 0.3) is 11.8 Å². The summed E-state index contributed by atoms with van der Waals surface area (Å²) in [4.78, 5) is 39.9. The number of nitrogens with zero attached hydrogens (tertiary/aromatic N) is 1. The highest BCUT2D eigenvalue weighted by Gasteiger charge is 2.36. The van der Waals surface area contributed by atoms with Crippen molar-refractivity contribution in [1.29, 1.82) is 0 Å². The maximum atomic E-state index is 13.6. The first-order chi connectivity index (χ1) is 20.7. The van der Waals surface area contributed by atoms with E-state index in [0.29, 0.717) is 63.1 Å². The average molecular weight is 703 g/mol. The molecule has 0 unspecified atom stereocenters. The van der Waals surface area contributed by atoms with Gasteiger partial charge in [-0.15, -0.1) is 0 Å². The predicted molar refractivity (Wildman–Crippen MR) is 167 cm³/mol. The van der Waals surface area contributed by atoms with Crippen molar-refractivity contribution in [3.8, 4) is 23.0 Å². The Labute approximate surface area is 263 Å². The summed E-state index contributed by atoms with van der Waals surface area (Å²) in [6.07, 6.45) is 2.24. The number of halogens is 2. The van der Waals surface area contributed by atoms with Crippen LogP contribution in [0.2, 0.25) is 0 Å². The highest BCUT2D eigenvalue weighted by atomic mass is 127. The van der Waals surface area contributed by atoms with Crippen LogP contribution in [0.25, 0.3) is 6.08 Å². The van der Waals surface area contributed by atoms with E-state index in [4.69, 9.17) is 18.9 Å². The molecule has 9 nitrogen and oxygen atoms in total. The summed E-state index contributed by atoms with van der Waals surface area (Å²) < 4.78 is 37.5. The van der Waals surface area contributed by atoms with Crippen LogP contribution in [0.4, 0.5) is 9.18 Å². The standard InChI is InChI=1S/C32H32FIN2O7/c1-4-12-42-26-11-10-20(16-27(26)40-5-2)18-36-31(38)24(30(37)35-32(36)39)14-22-15-25(34)29(28(17-22)41-6-3)43-19-21-8-7-9-23(33)13-21/h7-11,13-17H,4-6,12,18-19H2,1-3H3,(H,35,37,39)/b24-14+. The molecule has 3 aromatic rings. The molecule has 4 amide bonds. The number of benzene rings is 3. The highest BCUT2D eigenvalue weighted by Crippen LogP contribution is 2.36. The van der Waals surface area contributed by atoms with E-state index in [1.807, 2.05) is 20.8 Å². The fourth-order valence-corrected chi connectivity index (χ4v) is 5.07. The van der Waals surface area contributed by atoms with Crippen molar-refractivity contribution in [3.63, 3.8) is 0 Å². The Bertz CT molecular complexity index is 1540. The van der Waals surface area contributed by atoms with Crippen LogP contribution < -0.4 is 24.3 Å². The molecule has 0 aliphatic carbocycles. The number of amides is 4. The van der Waals surface area contributed by atoms with Gasteiger partial charge in [-0.1, -0.05) is 25.1 Å². The van der Waals surface area contributed by atoms with Gasteiger partial charge in [0, 0.05) is 0 Å². The van der Waals surface area contributed by atoms with Crippen LogP contribution in [0.15, 0.2) is 60.2 Å². The molecule has 1 aliphatic heterocycles. The molecule has 0 atom stereocenters. The molecular formula is C32H32FIN2O7. The molecule has 226 valence electrons. The second-order valence-electron chi connectivity index (χ2n) is 9.45. The molecule has 1 aliphatic rings. The molecule has 0 saturated carbocycles. The van der Waals surface area contributed by atoms with Crippen molar-refractivity contribution < 1.29 is 37.7 Å². The van der Waals surface area contributed by atoms with Gasteiger partial charge in [-0.05, 0) is 102 Å². The third kappa shape index (κ3) is 8.04. The first kappa shape index (κ1) is 31.8. The van der Waals surface area contributed by atoms with Crippen LogP contribution in [0.5, 0.6) is 23.0 Å². The van der Waals surface area contributed by atoms with E-state index in [0.717, 1.165) is 11.3 Å². The first-order valence-electron chi connectivity index (χ1n) is 13.8. The summed E-state index contributed by atoms with van der Waals surface area (Å²) in [5.41, 5.74) is 1.56. The Morgan fingerprint density at radius 3 is 2.35 bits per heavy atom. The van der Waals surface area contributed by atoms with Crippen molar-refractivity contribution in [2.75, 3.05) is 19.8 Å². The third-order valence-corrected chi connectivity index (χ3v) is 7.01. The number of rotatable bonds is 13. The Morgan fingerprint density at radius 1 is 0.860 bits per heavy atom. The zero-order valence-electron chi connectivity index (χ0n) is 24.1. The number of hydrogen-bond donors (Lipinski definition) is 1. The van der Waals surface area contributed by atoms with Gasteiger partial charge < -0.3 is 18.9 Å². The molecule has 11 heteroatoms. The lowest BCUT2D eigenvalue weighted by molar-refractivity contribution is -0.130. The van der Waals surface area contributed by atoms with Crippen molar-refractivity contribution in [1.82, 2.24) is 10.2 Å². The molecule has 1 N–H and O–H groups in total. The van der Waals surface area contributed by atoms with Gasteiger partial charge in [0.05, 0.1) is 29.9 Å². The molecule has 0 radical (unpaired) electrons. The summed E-state index contributed by atoms with van der Waals surface area (Å²) in [5, 5.41) is 2.25. The average Bonchev–Trinajstić information content (AvgIpc) is 2.97. The number of hydrogen-bond acceptors (Lipinski definition) is 7. The van der Waals surface area contributed by atoms with Gasteiger partial charge in [0.1, 0.15) is 18.0 Å². The number of carbonyl (C=O) groups is 3. The van der Waals surface area contributed by atoms with Crippen LogP contribution in [0.1, 0.15) is 43.9 Å². The van der Waals surface area contributed by atoms with Crippen LogP contribution in [-0.4, -0.2) is 42.6 Å². The smallest absolute Gasteiger partial charge is 0.331 e. The van der Waals surface area contributed by atoms with Gasteiger partial charge in [0.2, 0.25) is 0 Å². The van der Waals surface area contributed by atoms with Crippen molar-refractivity contribution in [2.24, 2.45) is 0 Å². The summed E-state index contributed by atoms with van der Waals surface area (Å²) in [7, 11) is 0. The third-order valence-electron chi connectivity index (χ3n) is 6.21. The molecule has 4 rings (SSSR count). The molecule has 1 fully saturated rings. The Balaban J connectivity index is 1.59. The molecule has 0 spiro atoms. The van der Waals surface area contributed by atoms with Crippen molar-refractivity contribution >= 4 is 46.5 Å². The minimum absolute atomic E-state index is 0.0853. The maximum Gasteiger partial charge on any atom is 0.331 e. The Kier molecular flexibility index (Phi) is 11.0. The first-order valence-corrected chi connectivity index (χ1v) is 14.9. The normalized spacial score (nSPS) is 14.1. The van der Waals surface area contributed by atoms with Crippen molar-refractivity contribution in [3.05, 3.63) is 86.2 Å². The topological polar surface area (TPSA) is 103 Å². The van der Waals surface area contributed by atoms with Gasteiger partial charge >= 0.3 is 6.03 Å². The maximum absolute atomic E-state index is 13.6. The van der Waals surface area contributed by atoms with E-state index < -0.39 is 17.8 Å². The van der Waals surface area contributed by atoms with Crippen LogP contribution in [0.3, 0.4) is 0 Å². The lowest BCUT2D eigenvalue weighted by Crippen LogP contribution is -2.53. The van der Waals surface area contributed by atoms with Crippen molar-refractivity contribution in [2.45, 2.75) is 40.3 Å². The lowest BCUT2D eigenvalue weighted by Gasteiger charge is -2.26. The van der Waals surface area contributed by atoms with Crippen LogP contribution in [-0.2, 0) is 22.7 Å². The molecule has 0 bridgehead atoms. The molecule has 3 aromatic carbocycles. The van der Waals surface area contributed by atoms with Crippen LogP contribution >= 0.6 is 22.6 Å². The number of ether oxygens (including phenoxy) is 4. The lowest BCUT2D eigenvalue weighted by atomic mass is 10.1. The quantitative estimate of drug-likeness (QED) is 0.128. The summed E-state index contributed by atoms with van der Waals surface area (Å²) in [6.45, 7) is 6.95. The molecular weight excluding hydrogens is 670 g/mol. The van der Waals surface area contributed by atoms with E-state index in [1.165, 1.54) is 18.2 Å². The van der Waals surface area contributed by atoms with Crippen LogP contribution in [0, 0.1) is 9.39 Å². The minimum atomic E-state index is -0.817. The van der Waals surface area contributed by atoms with E-state index in [2.05, 4.69) is 27.9 Å². The monoisotopic (exact) mass is 702 g/mol. The number of carbonyl (C=O) groups excluding carboxylic acids is 3. The van der Waals surface area contributed by atoms with Gasteiger partial charge in [-0.2, -0.15) is 0 Å². The largest absolute Gasteiger partial charge is 0.490 e. The number of nitrogens with one attached hydrogen (secondary N) is 1. The van der Waals surface area contributed by atoms with Gasteiger partial charge in [-0.3, -0.25) is 19.8 Å². The molecule has 1 saturated heterocycles. The second kappa shape index (κ2) is 14.9. The summed E-state index contributed by atoms with van der Waals surface area (Å²) in [5.74, 6) is 0.00751. The van der Waals surface area contributed by atoms with E-state index in [-0.39, 0.29) is 24.5 Å². The van der Waals surface area contributed by atoms with Gasteiger partial charge in [0.15, 0.2) is 23.0 Å². The predicted octanol–water partition coefficient (Wildman–Crippen LogP) is 6.26. The van der Waals surface area contributed by atoms with Gasteiger partial charge in [-0.25, -0.2) is 9.18 Å². The van der Waals surface area contributed by atoms with E-state index in [1.54, 1.807) is 42.5 Å². The number of barbiturate groups is 1. The SMILES string of the molecule is CCCOc1ccc(CN2C(=O)NC(=O)/C(=C\c3cc(I)c(OCc4cccc(F)c4)c(OCC)c3)C2=O)cc1OCC. The molecule has 1 heterocycles. The fourth-order valence-electron chi connectivity index (χ4n) is 4.29. The number of imide groups is 2. The minimum Gasteiger partial charge on any atom is -0.490 e. The molecule has 0 aromatic heterocycles. The molecule has 43 heavy (non-hydrogen) atoms. The Hall–Kier alpha value is -4.13. The zero-order chi connectivity index (χ0) is 30.9. The zero-order valence-corrected chi connectivity index (χ0v) is 26.2. The second-order valence-corrected chi connectivity index (χ2v) is 10.6. The number of urea groups is 1. The van der Waals surface area contributed by atoms with E-state index in [9.17, 15) is 18.8 Å². The summed E-state index contributed by atoms with van der Waals surface area (Å²) in [6, 6.07) is 13.8. The highest BCUT2D eigenvalue weighted by molar-refractivity contribution is 14.1. The summed E-state index contributed by atoms with van der Waals surface area (Å²) >= 11 is 2.07. The fraction of sp³-hybridized carbons (Fsp3) is 0.281. The Morgan fingerprint density at radius 2 is 1.63 bits per heavy atom.